The maximum Gasteiger partial charge on any atom is 0.343 e. The van der Waals surface area contributed by atoms with Crippen LogP contribution < -0.4 is 14.4 Å². The number of nitrogens with zero attached hydrogens (tertiary/aromatic N) is 3. The Labute approximate surface area is 206 Å². The highest BCUT2D eigenvalue weighted by atomic mass is 32.2. The molecule has 192 valence electrons. The molecule has 36 heavy (non-hydrogen) atoms. The number of esters is 1. The van der Waals surface area contributed by atoms with Crippen LogP contribution in [0.2, 0.25) is 0 Å². The lowest BCUT2D eigenvalue weighted by Gasteiger charge is -2.32. The number of carbonyl (C=O) groups is 2. The largest absolute Gasteiger partial charge is 0.480 e. The minimum Gasteiger partial charge on any atom is -0.480 e. The smallest absolute Gasteiger partial charge is 0.343 e. The first-order valence-electron chi connectivity index (χ1n) is 11.0. The van der Waals surface area contributed by atoms with Crippen LogP contribution in [-0.2, 0) is 25.3 Å². The Kier molecular flexibility index (Phi) is 8.41. The van der Waals surface area contributed by atoms with Gasteiger partial charge in [-0.05, 0) is 43.5 Å². The number of benzene rings is 1. The van der Waals surface area contributed by atoms with Crippen molar-refractivity contribution in [2.75, 3.05) is 31.7 Å². The van der Waals surface area contributed by atoms with Crippen LogP contribution in [0.15, 0.2) is 24.3 Å². The maximum atomic E-state index is 13.4. The third-order valence-corrected chi connectivity index (χ3v) is 6.76. The quantitative estimate of drug-likeness (QED) is 0.517. The Morgan fingerprint density at radius 3 is 2.50 bits per heavy atom. The zero-order valence-electron chi connectivity index (χ0n) is 19.6. The van der Waals surface area contributed by atoms with Crippen molar-refractivity contribution in [3.63, 3.8) is 0 Å². The van der Waals surface area contributed by atoms with E-state index in [9.17, 15) is 32.0 Å². The van der Waals surface area contributed by atoms with Crippen LogP contribution in [0.5, 0.6) is 5.88 Å². The summed E-state index contributed by atoms with van der Waals surface area (Å²) in [6, 6.07) is 6.04. The third-order valence-electron chi connectivity index (χ3n) is 5.54. The molecule has 1 aromatic heterocycles. The van der Waals surface area contributed by atoms with Crippen molar-refractivity contribution in [2.45, 2.75) is 25.5 Å². The second kappa shape index (κ2) is 11.3. The highest BCUT2D eigenvalue weighted by Crippen LogP contribution is 2.29. The Bertz CT molecular complexity index is 1300. The van der Waals surface area contributed by atoms with E-state index in [1.807, 2.05) is 10.8 Å². The molecule has 0 radical (unpaired) electrons. The minimum atomic E-state index is -4.13. The Hall–Kier alpha value is -3.79. The predicted octanol–water partition coefficient (Wildman–Crippen LogP) is 2.28. The van der Waals surface area contributed by atoms with Crippen molar-refractivity contribution in [3.05, 3.63) is 52.6 Å². The average Bonchev–Trinajstić information content (AvgIpc) is 2.85. The molecule has 1 aromatic carbocycles. The molecule has 1 saturated heterocycles. The summed E-state index contributed by atoms with van der Waals surface area (Å²) in [5, 5.41) is 9.59. The number of piperidine rings is 1. The van der Waals surface area contributed by atoms with E-state index in [-0.39, 0.29) is 60.9 Å². The number of amides is 1. The number of halogens is 2. The molecular weight excluding hydrogens is 498 g/mol. The Balaban J connectivity index is 1.67. The fourth-order valence-corrected chi connectivity index (χ4v) is 4.96. The summed E-state index contributed by atoms with van der Waals surface area (Å²) in [4.78, 5) is 30.8. The van der Waals surface area contributed by atoms with Gasteiger partial charge < -0.3 is 14.4 Å². The number of carbonyl (C=O) groups excluding carboxylic acids is 2. The lowest BCUT2D eigenvalue weighted by atomic mass is 9.96. The summed E-state index contributed by atoms with van der Waals surface area (Å²) < 4.78 is 63.3. The van der Waals surface area contributed by atoms with E-state index >= 15 is 0 Å². The first kappa shape index (κ1) is 26.8. The van der Waals surface area contributed by atoms with Gasteiger partial charge in [0, 0.05) is 19.0 Å². The number of anilines is 1. The zero-order chi connectivity index (χ0) is 26.5. The molecule has 0 bridgehead atoms. The molecule has 2 heterocycles. The monoisotopic (exact) mass is 522 g/mol. The summed E-state index contributed by atoms with van der Waals surface area (Å²) in [5.41, 5.74) is 0.135. The molecule has 1 N–H and O–H groups in total. The molecule has 13 heteroatoms. The zero-order valence-corrected chi connectivity index (χ0v) is 20.4. The van der Waals surface area contributed by atoms with Gasteiger partial charge in [-0.15, -0.1) is 0 Å². The van der Waals surface area contributed by atoms with Crippen molar-refractivity contribution < 1.29 is 36.3 Å². The van der Waals surface area contributed by atoms with Gasteiger partial charge in [0.1, 0.15) is 11.6 Å². The van der Waals surface area contributed by atoms with E-state index in [1.54, 1.807) is 11.8 Å². The average molecular weight is 523 g/mol. The van der Waals surface area contributed by atoms with Crippen molar-refractivity contribution in [1.82, 2.24) is 9.71 Å². The highest BCUT2D eigenvalue weighted by molar-refractivity contribution is 7.89. The van der Waals surface area contributed by atoms with Crippen LogP contribution in [0.4, 0.5) is 14.6 Å². The molecule has 3 rings (SSSR count). The van der Waals surface area contributed by atoms with Gasteiger partial charge in [-0.2, -0.15) is 10.2 Å². The predicted molar refractivity (Wildman–Crippen MR) is 124 cm³/mol. The molecule has 2 aromatic rings. The molecule has 1 aliphatic heterocycles. The van der Waals surface area contributed by atoms with E-state index < -0.39 is 45.2 Å². The fourth-order valence-electron chi connectivity index (χ4n) is 3.80. The molecule has 1 aliphatic rings. The third kappa shape index (κ3) is 6.25. The Morgan fingerprint density at radius 2 is 1.92 bits per heavy atom. The van der Waals surface area contributed by atoms with Gasteiger partial charge >= 0.3 is 5.97 Å². The number of hydrogen-bond donors (Lipinski definition) is 1. The van der Waals surface area contributed by atoms with E-state index in [0.29, 0.717) is 0 Å². The number of hydrogen-bond acceptors (Lipinski definition) is 9. The van der Waals surface area contributed by atoms with Crippen molar-refractivity contribution in [1.29, 1.82) is 5.26 Å². The van der Waals surface area contributed by atoms with Gasteiger partial charge in [-0.3, -0.25) is 9.52 Å². The number of nitrogens with one attached hydrogen (secondary N) is 1. The normalized spacial score (nSPS) is 14.1. The van der Waals surface area contributed by atoms with Gasteiger partial charge in [0.15, 0.2) is 17.5 Å². The lowest BCUT2D eigenvalue weighted by Crippen LogP contribution is -2.43. The van der Waals surface area contributed by atoms with E-state index in [4.69, 9.17) is 9.47 Å². The molecule has 0 saturated carbocycles. The van der Waals surface area contributed by atoms with Crippen molar-refractivity contribution >= 4 is 27.7 Å². The standard InChI is InChI=1S/C23H24F2N4O6S/c1-3-35-23(31)17-11-16(12-26)20(27-22(17)34-2)29-8-6-15(7-9-29)21(30)28-36(32,33)13-14-4-5-18(24)19(25)10-14/h4-5,10-11,15H,3,6-9,13H2,1-2H3,(H,28,30). The molecule has 1 fully saturated rings. The number of aromatic nitrogens is 1. The van der Waals surface area contributed by atoms with Gasteiger partial charge in [0.2, 0.25) is 21.8 Å². The van der Waals surface area contributed by atoms with Crippen LogP contribution in [0.1, 0.15) is 41.3 Å². The van der Waals surface area contributed by atoms with Crippen LogP contribution in [-0.4, -0.2) is 52.1 Å². The van der Waals surface area contributed by atoms with Crippen LogP contribution >= 0.6 is 0 Å². The van der Waals surface area contributed by atoms with Crippen LogP contribution in [0.25, 0.3) is 0 Å². The fraction of sp³-hybridized carbons (Fsp3) is 0.391. The van der Waals surface area contributed by atoms with Gasteiger partial charge in [-0.25, -0.2) is 22.0 Å². The van der Waals surface area contributed by atoms with E-state index in [1.165, 1.54) is 13.2 Å². The lowest BCUT2D eigenvalue weighted by molar-refractivity contribution is -0.123. The summed E-state index contributed by atoms with van der Waals surface area (Å²) in [7, 11) is -2.80. The molecule has 0 spiro atoms. The number of ether oxygens (including phenoxy) is 2. The number of methoxy groups -OCH3 is 1. The molecule has 10 nitrogen and oxygen atoms in total. The molecular formula is C23H24F2N4O6S. The van der Waals surface area contributed by atoms with Gasteiger partial charge in [0.05, 0.1) is 25.0 Å². The van der Waals surface area contributed by atoms with Gasteiger partial charge in [0.25, 0.3) is 0 Å². The van der Waals surface area contributed by atoms with E-state index in [2.05, 4.69) is 4.98 Å². The topological polar surface area (TPSA) is 139 Å². The summed E-state index contributed by atoms with van der Waals surface area (Å²) in [5.74, 6) is -4.72. The number of rotatable bonds is 8. The second-order valence-electron chi connectivity index (χ2n) is 7.98. The molecule has 1 amide bonds. The molecule has 0 atom stereocenters. The van der Waals surface area contributed by atoms with Crippen molar-refractivity contribution in [3.8, 4) is 11.9 Å². The first-order valence-corrected chi connectivity index (χ1v) is 12.6. The van der Waals surface area contributed by atoms with Crippen molar-refractivity contribution in [2.24, 2.45) is 5.92 Å². The number of nitriles is 1. The number of pyridine rings is 1. The molecule has 0 aliphatic carbocycles. The minimum absolute atomic E-state index is 0.000612. The summed E-state index contributed by atoms with van der Waals surface area (Å²) >= 11 is 0. The SMILES string of the molecule is CCOC(=O)c1cc(C#N)c(N2CCC(C(=O)NS(=O)(=O)Cc3ccc(F)c(F)c3)CC2)nc1OC. The van der Waals surface area contributed by atoms with Crippen LogP contribution in [0, 0.1) is 28.9 Å². The summed E-state index contributed by atoms with van der Waals surface area (Å²) in [6.07, 6.45) is 0.530. The molecule has 0 unspecified atom stereocenters. The highest BCUT2D eigenvalue weighted by Gasteiger charge is 2.30. The first-order chi connectivity index (χ1) is 17.1. The number of sulfonamides is 1. The maximum absolute atomic E-state index is 13.4. The van der Waals surface area contributed by atoms with E-state index in [0.717, 1.165) is 18.2 Å². The van der Waals surface area contributed by atoms with Gasteiger partial charge in [-0.1, -0.05) is 6.07 Å². The second-order valence-corrected chi connectivity index (χ2v) is 9.71. The Morgan fingerprint density at radius 1 is 1.22 bits per heavy atom. The summed E-state index contributed by atoms with van der Waals surface area (Å²) in [6.45, 7) is 2.35. The van der Waals surface area contributed by atoms with Crippen LogP contribution in [0.3, 0.4) is 0 Å².